The molecule has 9 heteroatoms. The van der Waals surface area contributed by atoms with Crippen LogP contribution in [-0.2, 0) is 6.61 Å². The normalized spacial score (nSPS) is 9.92. The molecule has 1 aromatic heterocycles. The lowest BCUT2D eigenvalue weighted by Crippen LogP contribution is -2.05. The van der Waals surface area contributed by atoms with Gasteiger partial charge < -0.3 is 19.6 Å². The Bertz CT molecular complexity index is 1440. The lowest BCUT2D eigenvalue weighted by molar-refractivity contribution is 0.306. The molecule has 8 nitrogen and oxygen atoms in total. The summed E-state index contributed by atoms with van der Waals surface area (Å²) in [5.41, 5.74) is 6.91. The molecule has 39 heavy (non-hydrogen) atoms. The minimum absolute atomic E-state index is 0. The van der Waals surface area contributed by atoms with Gasteiger partial charge in [0.25, 0.3) is 5.56 Å². The Morgan fingerprint density at radius 2 is 1.33 bits per heavy atom. The standard InChI is InChI=1S/C23H20N2O3.C7H10N2O.ClH/c1-27-20-13-9-19(10-14-20)25-22(15-23(26)24-25)18-7-11-21(12-8-18)28-16-17-5-3-2-4-6-17;1-10-7-4-2-6(9-8)3-5-7;/h2-15H,16H2,1H3,(H,24,26);2-5,9H,8H2,1H3;1H. The van der Waals surface area contributed by atoms with Crippen molar-refractivity contribution in [2.75, 3.05) is 19.6 Å². The topological polar surface area (TPSA) is 104 Å². The van der Waals surface area contributed by atoms with Crippen molar-refractivity contribution in [3.8, 4) is 34.2 Å². The first kappa shape index (κ1) is 28.9. The van der Waals surface area contributed by atoms with Crippen molar-refractivity contribution in [1.82, 2.24) is 9.78 Å². The maximum atomic E-state index is 12.0. The van der Waals surface area contributed by atoms with E-state index in [1.165, 1.54) is 0 Å². The van der Waals surface area contributed by atoms with Gasteiger partial charge in [-0.3, -0.25) is 20.4 Å². The average molecular weight is 547 g/mol. The second kappa shape index (κ2) is 14.3. The molecule has 0 bridgehead atoms. The molecule has 0 saturated carbocycles. The van der Waals surface area contributed by atoms with Crippen LogP contribution in [0, 0.1) is 0 Å². The number of hydrazine groups is 1. The average Bonchev–Trinajstić information content (AvgIpc) is 3.38. The summed E-state index contributed by atoms with van der Waals surface area (Å²) < 4.78 is 17.7. The zero-order chi connectivity index (χ0) is 26.7. The number of halogens is 1. The van der Waals surface area contributed by atoms with Crippen LogP contribution in [0.3, 0.4) is 0 Å². The Labute approximate surface area is 233 Å². The first-order chi connectivity index (χ1) is 18.6. The smallest absolute Gasteiger partial charge is 0.265 e. The van der Waals surface area contributed by atoms with Crippen LogP contribution in [0.1, 0.15) is 5.56 Å². The van der Waals surface area contributed by atoms with Gasteiger partial charge in [0.1, 0.15) is 23.9 Å². The number of H-pyrrole nitrogens is 1. The molecule has 0 saturated heterocycles. The summed E-state index contributed by atoms with van der Waals surface area (Å²) in [6.07, 6.45) is 0. The number of rotatable bonds is 8. The number of aromatic amines is 1. The minimum atomic E-state index is -0.157. The summed E-state index contributed by atoms with van der Waals surface area (Å²) in [6, 6.07) is 34.2. The van der Waals surface area contributed by atoms with Crippen LogP contribution in [0.5, 0.6) is 17.2 Å². The van der Waals surface area contributed by atoms with E-state index in [1.54, 1.807) is 25.0 Å². The predicted octanol–water partition coefficient (Wildman–Crippen LogP) is 5.82. The highest BCUT2D eigenvalue weighted by Crippen LogP contribution is 2.25. The summed E-state index contributed by atoms with van der Waals surface area (Å²) in [5.74, 6) is 7.53. The number of hydrogen-bond donors (Lipinski definition) is 3. The summed E-state index contributed by atoms with van der Waals surface area (Å²) in [5, 5.41) is 2.85. The molecule has 4 N–H and O–H groups in total. The Morgan fingerprint density at radius 1 is 0.769 bits per heavy atom. The summed E-state index contributed by atoms with van der Waals surface area (Å²) >= 11 is 0. The SMILES string of the molecule is COc1ccc(-n2[nH]c(=O)cc2-c2ccc(OCc3ccccc3)cc2)cc1.COc1ccc(NN)cc1.Cl. The first-order valence-electron chi connectivity index (χ1n) is 11.9. The van der Waals surface area contributed by atoms with Gasteiger partial charge >= 0.3 is 0 Å². The van der Waals surface area contributed by atoms with Gasteiger partial charge in [0.15, 0.2) is 0 Å². The van der Waals surface area contributed by atoms with E-state index in [0.717, 1.165) is 45.4 Å². The third-order valence-electron chi connectivity index (χ3n) is 5.72. The fourth-order valence-electron chi connectivity index (χ4n) is 3.69. The number of aromatic nitrogens is 2. The van der Waals surface area contributed by atoms with Crippen LogP contribution < -0.4 is 31.0 Å². The fraction of sp³-hybridized carbons (Fsp3) is 0.100. The fourth-order valence-corrected chi connectivity index (χ4v) is 3.69. The second-order valence-electron chi connectivity index (χ2n) is 8.21. The number of hydrogen-bond acceptors (Lipinski definition) is 6. The Hall–Kier alpha value is -4.66. The molecule has 1 heterocycles. The summed E-state index contributed by atoms with van der Waals surface area (Å²) in [4.78, 5) is 12.0. The number of nitrogens with two attached hydrogens (primary N) is 1. The lowest BCUT2D eigenvalue weighted by Gasteiger charge is -2.11. The van der Waals surface area contributed by atoms with E-state index in [0.29, 0.717) is 6.61 Å². The monoisotopic (exact) mass is 546 g/mol. The van der Waals surface area contributed by atoms with E-state index in [2.05, 4.69) is 10.5 Å². The first-order valence-corrected chi connectivity index (χ1v) is 11.9. The zero-order valence-corrected chi connectivity index (χ0v) is 22.5. The van der Waals surface area contributed by atoms with Crippen molar-refractivity contribution in [3.05, 3.63) is 125 Å². The van der Waals surface area contributed by atoms with Gasteiger partial charge in [-0.2, -0.15) is 0 Å². The summed E-state index contributed by atoms with van der Waals surface area (Å²) in [6.45, 7) is 0.515. The Balaban J connectivity index is 0.000000324. The van der Waals surface area contributed by atoms with Gasteiger partial charge in [-0.1, -0.05) is 30.3 Å². The van der Waals surface area contributed by atoms with Crippen molar-refractivity contribution in [1.29, 1.82) is 0 Å². The third-order valence-corrected chi connectivity index (χ3v) is 5.72. The molecular formula is C30H31ClN4O4. The second-order valence-corrected chi connectivity index (χ2v) is 8.21. The number of nitrogens with one attached hydrogen (secondary N) is 2. The van der Waals surface area contributed by atoms with Crippen LogP contribution in [0.2, 0.25) is 0 Å². The number of ether oxygens (including phenoxy) is 3. The highest BCUT2D eigenvalue weighted by molar-refractivity contribution is 5.85. The van der Waals surface area contributed by atoms with Gasteiger partial charge in [0.2, 0.25) is 0 Å². The van der Waals surface area contributed by atoms with E-state index in [1.807, 2.05) is 103 Å². The molecule has 0 atom stereocenters. The van der Waals surface area contributed by atoms with Crippen molar-refractivity contribution in [2.24, 2.45) is 5.84 Å². The van der Waals surface area contributed by atoms with Gasteiger partial charge in [0, 0.05) is 17.3 Å². The van der Waals surface area contributed by atoms with Gasteiger partial charge in [0.05, 0.1) is 25.6 Å². The van der Waals surface area contributed by atoms with E-state index >= 15 is 0 Å². The van der Waals surface area contributed by atoms with E-state index in [9.17, 15) is 4.79 Å². The molecule has 202 valence electrons. The predicted molar refractivity (Wildman–Crippen MR) is 157 cm³/mol. The Morgan fingerprint density at radius 3 is 1.90 bits per heavy atom. The number of nitrogens with zero attached hydrogens (tertiary/aromatic N) is 1. The lowest BCUT2D eigenvalue weighted by atomic mass is 10.1. The van der Waals surface area contributed by atoms with E-state index < -0.39 is 0 Å². The molecule has 0 amide bonds. The van der Waals surface area contributed by atoms with Crippen LogP contribution in [0.15, 0.2) is 114 Å². The van der Waals surface area contributed by atoms with Crippen LogP contribution in [-0.4, -0.2) is 24.0 Å². The molecule has 5 aromatic rings. The number of benzene rings is 4. The maximum absolute atomic E-state index is 12.0. The molecule has 0 aliphatic carbocycles. The van der Waals surface area contributed by atoms with Gasteiger partial charge in [-0.05, 0) is 78.4 Å². The molecule has 0 fully saturated rings. The molecule has 0 aliphatic rings. The van der Waals surface area contributed by atoms with E-state index in [-0.39, 0.29) is 18.0 Å². The quantitative estimate of drug-likeness (QED) is 0.167. The van der Waals surface area contributed by atoms with Crippen LogP contribution >= 0.6 is 12.4 Å². The van der Waals surface area contributed by atoms with Crippen LogP contribution in [0.4, 0.5) is 5.69 Å². The number of nitrogen functional groups attached to an aromatic ring is 1. The van der Waals surface area contributed by atoms with Crippen molar-refractivity contribution in [3.63, 3.8) is 0 Å². The Kier molecular flexibility index (Phi) is 10.6. The zero-order valence-electron chi connectivity index (χ0n) is 21.7. The van der Waals surface area contributed by atoms with Gasteiger partial charge in [-0.25, -0.2) is 0 Å². The highest BCUT2D eigenvalue weighted by Gasteiger charge is 2.10. The third kappa shape index (κ3) is 7.91. The highest BCUT2D eigenvalue weighted by atomic mass is 35.5. The molecule has 4 aromatic carbocycles. The summed E-state index contributed by atoms with van der Waals surface area (Å²) in [7, 11) is 3.25. The molecule has 0 aliphatic heterocycles. The molecule has 5 rings (SSSR count). The molecule has 0 unspecified atom stereocenters. The molecular weight excluding hydrogens is 516 g/mol. The van der Waals surface area contributed by atoms with Gasteiger partial charge in [-0.15, -0.1) is 12.4 Å². The molecule has 0 spiro atoms. The number of methoxy groups -OCH3 is 2. The van der Waals surface area contributed by atoms with Crippen molar-refractivity contribution in [2.45, 2.75) is 6.61 Å². The number of anilines is 1. The van der Waals surface area contributed by atoms with Crippen molar-refractivity contribution < 1.29 is 14.2 Å². The van der Waals surface area contributed by atoms with Crippen molar-refractivity contribution >= 4 is 18.1 Å². The maximum Gasteiger partial charge on any atom is 0.265 e. The molecule has 0 radical (unpaired) electrons. The largest absolute Gasteiger partial charge is 0.497 e. The minimum Gasteiger partial charge on any atom is -0.497 e. The van der Waals surface area contributed by atoms with Crippen LogP contribution in [0.25, 0.3) is 16.9 Å². The van der Waals surface area contributed by atoms with E-state index in [4.69, 9.17) is 20.1 Å².